The second kappa shape index (κ2) is 12.3. The average Bonchev–Trinajstić information content (AvgIpc) is 2.92. The number of thioether (sulfide) groups is 1. The summed E-state index contributed by atoms with van der Waals surface area (Å²) in [7, 11) is -2.16. The molecule has 0 unspecified atom stereocenters. The van der Waals surface area contributed by atoms with Crippen LogP contribution >= 0.6 is 11.8 Å². The number of ether oxygens (including phenoxy) is 2. The first-order chi connectivity index (χ1) is 17.5. The first-order valence-electron chi connectivity index (χ1n) is 11.9. The molecule has 7 nitrogen and oxygen atoms in total. The van der Waals surface area contributed by atoms with Crippen molar-refractivity contribution in [3.05, 3.63) is 78.4 Å². The zero-order valence-electron chi connectivity index (χ0n) is 20.2. The lowest BCUT2D eigenvalue weighted by molar-refractivity contribution is 0.102. The maximum Gasteiger partial charge on any atom is 0.255 e. The van der Waals surface area contributed by atoms with Gasteiger partial charge in [-0.2, -0.15) is 4.31 Å². The molecule has 0 atom stereocenters. The Balaban J connectivity index is 1.38. The zero-order chi connectivity index (χ0) is 25.4. The molecule has 1 saturated heterocycles. The van der Waals surface area contributed by atoms with E-state index in [1.54, 1.807) is 42.1 Å². The molecule has 1 aliphatic heterocycles. The van der Waals surface area contributed by atoms with Gasteiger partial charge in [0.1, 0.15) is 11.5 Å². The number of anilines is 1. The molecule has 3 aromatic carbocycles. The first kappa shape index (κ1) is 26.1. The third-order valence-corrected chi connectivity index (χ3v) is 8.72. The van der Waals surface area contributed by atoms with E-state index in [2.05, 4.69) is 17.4 Å². The van der Waals surface area contributed by atoms with Crippen molar-refractivity contribution in [3.63, 3.8) is 0 Å². The lowest BCUT2D eigenvalue weighted by atomic mass is 10.2. The minimum atomic E-state index is -3.64. The van der Waals surface area contributed by atoms with Crippen LogP contribution in [-0.4, -0.2) is 51.2 Å². The third kappa shape index (κ3) is 6.60. The van der Waals surface area contributed by atoms with E-state index in [-0.39, 0.29) is 10.8 Å². The molecule has 0 radical (unpaired) electrons. The highest BCUT2D eigenvalue weighted by atomic mass is 32.2. The number of amides is 1. The molecule has 1 amide bonds. The third-order valence-electron chi connectivity index (χ3n) is 5.85. The molecule has 0 aromatic heterocycles. The molecule has 9 heteroatoms. The van der Waals surface area contributed by atoms with E-state index in [4.69, 9.17) is 9.47 Å². The van der Waals surface area contributed by atoms with Crippen LogP contribution in [0.25, 0.3) is 0 Å². The number of hydrogen-bond donors (Lipinski definition) is 1. The number of carbonyl (C=O) groups excluding carboxylic acids is 1. The van der Waals surface area contributed by atoms with Crippen molar-refractivity contribution >= 4 is 33.4 Å². The van der Waals surface area contributed by atoms with Crippen molar-refractivity contribution in [1.82, 2.24) is 4.31 Å². The zero-order valence-corrected chi connectivity index (χ0v) is 21.8. The lowest BCUT2D eigenvalue weighted by Crippen LogP contribution is -2.35. The Morgan fingerprint density at radius 1 is 0.972 bits per heavy atom. The van der Waals surface area contributed by atoms with Crippen LogP contribution in [0.15, 0.2) is 82.6 Å². The van der Waals surface area contributed by atoms with Crippen molar-refractivity contribution in [1.29, 1.82) is 0 Å². The highest BCUT2D eigenvalue weighted by molar-refractivity contribution is 7.99. The molecule has 1 fully saturated rings. The van der Waals surface area contributed by atoms with Crippen LogP contribution in [-0.2, 0) is 10.0 Å². The summed E-state index contributed by atoms with van der Waals surface area (Å²) in [6.45, 7) is 1.56. The fraction of sp³-hybridized carbons (Fsp3) is 0.296. The minimum Gasteiger partial charge on any atom is -0.495 e. The molecule has 0 bridgehead atoms. The second-order valence-electron chi connectivity index (χ2n) is 8.32. The molecule has 190 valence electrons. The van der Waals surface area contributed by atoms with E-state index < -0.39 is 10.0 Å². The van der Waals surface area contributed by atoms with Gasteiger partial charge in [-0.15, -0.1) is 11.8 Å². The molecular weight excluding hydrogens is 496 g/mol. The molecule has 0 saturated carbocycles. The fourth-order valence-electron chi connectivity index (χ4n) is 3.93. The molecule has 0 spiro atoms. The smallest absolute Gasteiger partial charge is 0.255 e. The summed E-state index contributed by atoms with van der Waals surface area (Å²) >= 11 is 1.72. The van der Waals surface area contributed by atoms with Gasteiger partial charge in [-0.1, -0.05) is 24.6 Å². The molecule has 3 aromatic rings. The summed E-state index contributed by atoms with van der Waals surface area (Å²) < 4.78 is 38.8. The first-order valence-corrected chi connectivity index (χ1v) is 14.3. The quantitative estimate of drug-likeness (QED) is 0.285. The summed E-state index contributed by atoms with van der Waals surface area (Å²) in [4.78, 5) is 14.2. The average molecular weight is 527 g/mol. The van der Waals surface area contributed by atoms with Crippen molar-refractivity contribution in [2.24, 2.45) is 0 Å². The van der Waals surface area contributed by atoms with Gasteiger partial charge in [-0.25, -0.2) is 8.42 Å². The fourth-order valence-corrected chi connectivity index (χ4v) is 6.23. The lowest BCUT2D eigenvalue weighted by Gasteiger charge is -2.26. The number of nitrogens with zero attached hydrogens (tertiary/aromatic N) is 1. The Labute approximate surface area is 216 Å². The normalized spacial score (nSPS) is 14.2. The topological polar surface area (TPSA) is 84.9 Å². The van der Waals surface area contributed by atoms with Crippen molar-refractivity contribution < 1.29 is 22.7 Å². The second-order valence-corrected chi connectivity index (χ2v) is 11.4. The van der Waals surface area contributed by atoms with E-state index >= 15 is 0 Å². The SMILES string of the molecule is COc1ccc(S(=O)(=O)N2CCCCC2)cc1NC(=O)c1ccc(OCCSc2ccccc2)cc1. The molecule has 1 N–H and O–H groups in total. The maximum absolute atomic E-state index is 13.1. The van der Waals surface area contributed by atoms with E-state index in [0.29, 0.717) is 42.4 Å². The number of benzene rings is 3. The van der Waals surface area contributed by atoms with E-state index in [0.717, 1.165) is 25.0 Å². The molecule has 1 heterocycles. The summed E-state index contributed by atoms with van der Waals surface area (Å²) in [6.07, 6.45) is 2.74. The number of methoxy groups -OCH3 is 1. The van der Waals surface area contributed by atoms with Crippen molar-refractivity contribution in [3.8, 4) is 11.5 Å². The van der Waals surface area contributed by atoms with Crippen LogP contribution in [0.5, 0.6) is 11.5 Å². The Morgan fingerprint density at radius 3 is 2.39 bits per heavy atom. The Hall–Kier alpha value is -3.01. The standard InChI is InChI=1S/C27H30N2O5S2/c1-33-26-15-14-24(36(31,32)29-16-6-3-7-17-29)20-25(26)28-27(30)21-10-12-22(13-11-21)34-18-19-35-23-8-4-2-5-9-23/h2,4-5,8-15,20H,3,6-7,16-19H2,1H3,(H,28,30). The van der Waals surface area contributed by atoms with Crippen LogP contribution in [0.1, 0.15) is 29.6 Å². The van der Waals surface area contributed by atoms with E-state index in [9.17, 15) is 13.2 Å². The Morgan fingerprint density at radius 2 is 1.69 bits per heavy atom. The van der Waals surface area contributed by atoms with Gasteiger partial charge >= 0.3 is 0 Å². The van der Waals surface area contributed by atoms with Gasteiger partial charge in [-0.3, -0.25) is 4.79 Å². The highest BCUT2D eigenvalue weighted by Gasteiger charge is 2.27. The highest BCUT2D eigenvalue weighted by Crippen LogP contribution is 2.30. The van der Waals surface area contributed by atoms with Crippen LogP contribution in [0.4, 0.5) is 5.69 Å². The maximum atomic E-state index is 13.1. The number of rotatable bonds is 10. The summed E-state index contributed by atoms with van der Waals surface area (Å²) in [6, 6.07) is 21.5. The van der Waals surface area contributed by atoms with Crippen molar-refractivity contribution in [2.45, 2.75) is 29.1 Å². The number of carbonyl (C=O) groups is 1. The van der Waals surface area contributed by atoms with Gasteiger partial charge in [0, 0.05) is 29.3 Å². The van der Waals surface area contributed by atoms with Crippen LogP contribution in [0, 0.1) is 0 Å². The summed E-state index contributed by atoms with van der Waals surface area (Å²) in [5, 5.41) is 2.79. The molecule has 0 aliphatic carbocycles. The molecule has 4 rings (SSSR count). The van der Waals surface area contributed by atoms with Gasteiger partial charge in [0.05, 0.1) is 24.3 Å². The molecule has 36 heavy (non-hydrogen) atoms. The summed E-state index contributed by atoms with van der Waals surface area (Å²) in [5.41, 5.74) is 0.728. The number of sulfonamides is 1. The van der Waals surface area contributed by atoms with Crippen molar-refractivity contribution in [2.75, 3.05) is 37.9 Å². The molecule has 1 aliphatic rings. The minimum absolute atomic E-state index is 0.137. The Kier molecular flexibility index (Phi) is 8.90. The van der Waals surface area contributed by atoms with Gasteiger partial charge < -0.3 is 14.8 Å². The van der Waals surface area contributed by atoms with Gasteiger partial charge in [0.15, 0.2) is 0 Å². The van der Waals surface area contributed by atoms with Gasteiger partial charge in [0.25, 0.3) is 5.91 Å². The van der Waals surface area contributed by atoms with Crippen LogP contribution in [0.2, 0.25) is 0 Å². The largest absolute Gasteiger partial charge is 0.495 e. The van der Waals surface area contributed by atoms with E-state index in [1.165, 1.54) is 28.4 Å². The number of nitrogens with one attached hydrogen (secondary N) is 1. The van der Waals surface area contributed by atoms with Crippen LogP contribution in [0.3, 0.4) is 0 Å². The number of piperidine rings is 1. The predicted molar refractivity (Wildman–Crippen MR) is 143 cm³/mol. The molecular formula is C27H30N2O5S2. The monoisotopic (exact) mass is 526 g/mol. The van der Waals surface area contributed by atoms with Crippen LogP contribution < -0.4 is 14.8 Å². The van der Waals surface area contributed by atoms with Gasteiger partial charge in [0.2, 0.25) is 10.0 Å². The predicted octanol–water partition coefficient (Wildman–Crippen LogP) is 5.29. The van der Waals surface area contributed by atoms with Gasteiger partial charge in [-0.05, 0) is 67.4 Å². The van der Waals surface area contributed by atoms with E-state index in [1.807, 2.05) is 18.2 Å². The Bertz CT molecular complexity index is 1260. The number of hydrogen-bond acceptors (Lipinski definition) is 6. The summed E-state index contributed by atoms with van der Waals surface area (Å²) in [5.74, 6) is 1.50.